The standard InChI is InChI=1S/C28H40N4O5/c1-30-12-14-32(15-13-30)26(33)17-21-9-10-23-25(37-21)18-36-24-11-8-20(16-22(24)28(35)31(23)2)29-27(34)19-6-4-3-5-7-19/h8,11,16,19,21,23,25H,3-7,9-10,12-15,17-18H2,1-2H3,(H,29,34)/t21-,23+,25+/m0/s1. The molecule has 5 rings (SSSR count). The van der Waals surface area contributed by atoms with Crippen LogP contribution in [0, 0.1) is 5.92 Å². The van der Waals surface area contributed by atoms with Crippen molar-refractivity contribution < 1.29 is 23.9 Å². The Morgan fingerprint density at radius 2 is 1.76 bits per heavy atom. The Morgan fingerprint density at radius 3 is 2.51 bits per heavy atom. The first-order chi connectivity index (χ1) is 17.9. The van der Waals surface area contributed by atoms with E-state index in [1.165, 1.54) is 6.42 Å². The number of ether oxygens (including phenoxy) is 2. The molecule has 3 amide bonds. The number of nitrogens with zero attached hydrogens (tertiary/aromatic N) is 3. The molecule has 1 aromatic carbocycles. The second-order valence-electron chi connectivity index (χ2n) is 11.1. The number of piperazine rings is 1. The van der Waals surface area contributed by atoms with Crippen LogP contribution < -0.4 is 10.1 Å². The number of hydrogen-bond donors (Lipinski definition) is 1. The molecule has 3 fully saturated rings. The lowest BCUT2D eigenvalue weighted by Crippen LogP contribution is -2.54. The minimum absolute atomic E-state index is 0.0325. The smallest absolute Gasteiger partial charge is 0.257 e. The third kappa shape index (κ3) is 5.93. The van der Waals surface area contributed by atoms with Gasteiger partial charge in [-0.05, 0) is 50.9 Å². The topological polar surface area (TPSA) is 91.4 Å². The molecule has 3 atom stereocenters. The van der Waals surface area contributed by atoms with Crippen LogP contribution in [0.1, 0.15) is 61.7 Å². The van der Waals surface area contributed by atoms with Crippen molar-refractivity contribution >= 4 is 23.4 Å². The van der Waals surface area contributed by atoms with Gasteiger partial charge < -0.3 is 29.5 Å². The zero-order valence-corrected chi connectivity index (χ0v) is 22.1. The maximum Gasteiger partial charge on any atom is 0.257 e. The normalized spacial score (nSPS) is 27.4. The van der Waals surface area contributed by atoms with Gasteiger partial charge in [-0.1, -0.05) is 19.3 Å². The third-order valence-electron chi connectivity index (χ3n) is 8.51. The Hall–Kier alpha value is -2.65. The molecule has 3 heterocycles. The van der Waals surface area contributed by atoms with Crippen molar-refractivity contribution in [2.45, 2.75) is 69.6 Å². The maximum absolute atomic E-state index is 13.5. The van der Waals surface area contributed by atoms with Crippen molar-refractivity contribution in [3.63, 3.8) is 0 Å². The minimum atomic E-state index is -0.299. The van der Waals surface area contributed by atoms with E-state index in [1.54, 1.807) is 30.1 Å². The summed E-state index contributed by atoms with van der Waals surface area (Å²) in [6.45, 7) is 3.62. The molecule has 1 aliphatic carbocycles. The Kier molecular flexibility index (Phi) is 8.00. The number of amides is 3. The molecule has 0 radical (unpaired) electrons. The molecule has 9 nitrogen and oxygen atoms in total. The van der Waals surface area contributed by atoms with E-state index in [1.807, 2.05) is 4.90 Å². The summed E-state index contributed by atoms with van der Waals surface area (Å²) in [5, 5.41) is 3.01. The van der Waals surface area contributed by atoms with Crippen molar-refractivity contribution in [2.75, 3.05) is 52.2 Å². The fraction of sp³-hybridized carbons (Fsp3) is 0.679. The van der Waals surface area contributed by atoms with E-state index in [0.29, 0.717) is 30.0 Å². The van der Waals surface area contributed by atoms with Gasteiger partial charge in [-0.25, -0.2) is 0 Å². The molecule has 0 aromatic heterocycles. The second-order valence-corrected chi connectivity index (χ2v) is 11.1. The lowest BCUT2D eigenvalue weighted by atomic mass is 9.88. The highest BCUT2D eigenvalue weighted by atomic mass is 16.5. The van der Waals surface area contributed by atoms with Crippen LogP contribution in [0.25, 0.3) is 0 Å². The fourth-order valence-corrected chi connectivity index (χ4v) is 6.09. The Balaban J connectivity index is 1.23. The molecule has 2 saturated heterocycles. The SMILES string of the molecule is CN1CCN(C(=O)C[C@@H]2CC[C@@H]3[C@@H](COc4ccc(NC(=O)C5CCCCC5)cc4C(=O)N3C)O2)CC1. The predicted octanol–water partition coefficient (Wildman–Crippen LogP) is 2.75. The number of hydrogen-bond acceptors (Lipinski definition) is 6. The summed E-state index contributed by atoms with van der Waals surface area (Å²) < 4.78 is 12.4. The number of benzene rings is 1. The summed E-state index contributed by atoms with van der Waals surface area (Å²) in [7, 11) is 3.88. The van der Waals surface area contributed by atoms with Crippen molar-refractivity contribution in [3.8, 4) is 5.75 Å². The maximum atomic E-state index is 13.5. The molecular weight excluding hydrogens is 472 g/mol. The molecule has 1 aromatic rings. The number of carbonyl (C=O) groups is 3. The van der Waals surface area contributed by atoms with Gasteiger partial charge in [-0.15, -0.1) is 0 Å². The van der Waals surface area contributed by atoms with Crippen LogP contribution in [0.3, 0.4) is 0 Å². The van der Waals surface area contributed by atoms with Gasteiger partial charge in [0.2, 0.25) is 11.8 Å². The van der Waals surface area contributed by atoms with E-state index in [2.05, 4.69) is 17.3 Å². The van der Waals surface area contributed by atoms with Crippen molar-refractivity contribution in [1.82, 2.24) is 14.7 Å². The first kappa shape index (κ1) is 26.0. The van der Waals surface area contributed by atoms with Gasteiger partial charge in [-0.2, -0.15) is 0 Å². The molecule has 202 valence electrons. The summed E-state index contributed by atoms with van der Waals surface area (Å²) in [4.78, 5) is 45.0. The van der Waals surface area contributed by atoms with Gasteiger partial charge in [-0.3, -0.25) is 14.4 Å². The summed E-state index contributed by atoms with van der Waals surface area (Å²) in [6.07, 6.45) is 6.60. The van der Waals surface area contributed by atoms with Gasteiger partial charge >= 0.3 is 0 Å². The van der Waals surface area contributed by atoms with E-state index in [4.69, 9.17) is 9.47 Å². The van der Waals surface area contributed by atoms with Crippen LogP contribution in [-0.2, 0) is 14.3 Å². The lowest BCUT2D eigenvalue weighted by Gasteiger charge is -2.42. The average Bonchev–Trinajstić information content (AvgIpc) is 2.92. The first-order valence-corrected chi connectivity index (χ1v) is 13.9. The van der Waals surface area contributed by atoms with E-state index >= 15 is 0 Å². The monoisotopic (exact) mass is 512 g/mol. The van der Waals surface area contributed by atoms with E-state index in [9.17, 15) is 14.4 Å². The number of rotatable bonds is 4. The first-order valence-electron chi connectivity index (χ1n) is 13.9. The Morgan fingerprint density at radius 1 is 1.00 bits per heavy atom. The molecule has 4 aliphatic rings. The van der Waals surface area contributed by atoms with E-state index in [0.717, 1.165) is 64.7 Å². The quantitative estimate of drug-likeness (QED) is 0.667. The summed E-state index contributed by atoms with van der Waals surface area (Å²) in [5.74, 6) is 0.562. The average molecular weight is 513 g/mol. The molecule has 9 heteroatoms. The molecule has 37 heavy (non-hydrogen) atoms. The van der Waals surface area contributed by atoms with Crippen LogP contribution >= 0.6 is 0 Å². The molecular formula is C28H40N4O5. The van der Waals surface area contributed by atoms with Crippen LogP contribution in [-0.4, -0.2) is 97.6 Å². The Labute approximate surface area is 219 Å². The molecule has 1 saturated carbocycles. The highest BCUT2D eigenvalue weighted by molar-refractivity contribution is 6.00. The molecule has 0 bridgehead atoms. The summed E-state index contributed by atoms with van der Waals surface area (Å²) >= 11 is 0. The van der Waals surface area contributed by atoms with E-state index < -0.39 is 0 Å². The lowest BCUT2D eigenvalue weighted by molar-refractivity contribution is -0.144. The number of carbonyl (C=O) groups excluding carboxylic acids is 3. The van der Waals surface area contributed by atoms with E-state index in [-0.39, 0.29) is 41.9 Å². The van der Waals surface area contributed by atoms with Crippen molar-refractivity contribution in [2.24, 2.45) is 5.92 Å². The number of nitrogens with one attached hydrogen (secondary N) is 1. The molecule has 3 aliphatic heterocycles. The van der Waals surface area contributed by atoms with Crippen LogP contribution in [0.2, 0.25) is 0 Å². The van der Waals surface area contributed by atoms with Gasteiger partial charge in [0.05, 0.1) is 24.1 Å². The van der Waals surface area contributed by atoms with Crippen LogP contribution in [0.15, 0.2) is 18.2 Å². The summed E-state index contributed by atoms with van der Waals surface area (Å²) in [6, 6.07) is 5.16. The third-order valence-corrected chi connectivity index (χ3v) is 8.51. The molecule has 1 N–H and O–H groups in total. The summed E-state index contributed by atoms with van der Waals surface area (Å²) in [5.41, 5.74) is 1.08. The van der Waals surface area contributed by atoms with Gasteiger partial charge in [0.1, 0.15) is 18.5 Å². The zero-order valence-electron chi connectivity index (χ0n) is 22.1. The molecule has 0 spiro atoms. The number of fused-ring (bicyclic) bond motifs is 2. The minimum Gasteiger partial charge on any atom is -0.490 e. The van der Waals surface area contributed by atoms with Gasteiger partial charge in [0.15, 0.2) is 0 Å². The zero-order chi connectivity index (χ0) is 25.9. The Bertz CT molecular complexity index is 1000. The number of anilines is 1. The van der Waals surface area contributed by atoms with Gasteiger partial charge in [0, 0.05) is 44.8 Å². The van der Waals surface area contributed by atoms with Crippen molar-refractivity contribution in [3.05, 3.63) is 23.8 Å². The largest absolute Gasteiger partial charge is 0.490 e. The fourth-order valence-electron chi connectivity index (χ4n) is 6.09. The number of likely N-dealkylation sites (N-methyl/N-ethyl adjacent to an activating group) is 2. The highest BCUT2D eigenvalue weighted by Crippen LogP contribution is 2.33. The van der Waals surface area contributed by atoms with Crippen molar-refractivity contribution in [1.29, 1.82) is 0 Å². The predicted molar refractivity (Wildman–Crippen MR) is 140 cm³/mol. The van der Waals surface area contributed by atoms with Crippen LogP contribution in [0.4, 0.5) is 5.69 Å². The van der Waals surface area contributed by atoms with Gasteiger partial charge in [0.25, 0.3) is 5.91 Å². The highest BCUT2D eigenvalue weighted by Gasteiger charge is 2.39. The molecule has 0 unspecified atom stereocenters. The second kappa shape index (κ2) is 11.4. The van der Waals surface area contributed by atoms with Crippen LogP contribution in [0.5, 0.6) is 5.75 Å².